The Kier molecular flexibility index (Phi) is 4.85. The van der Waals surface area contributed by atoms with Gasteiger partial charge in [0.15, 0.2) is 0 Å². The number of hydrogen-bond acceptors (Lipinski definition) is 3. The standard InChI is InChI=1S/C11H23NO2/c1-8(2)11(6-13)12-9(3)10-4-5-14-7-10/h8-13H,4-7H2,1-3H3. The quantitative estimate of drug-likeness (QED) is 0.698. The van der Waals surface area contributed by atoms with Gasteiger partial charge in [-0.1, -0.05) is 13.8 Å². The van der Waals surface area contributed by atoms with Crippen LogP contribution in [-0.2, 0) is 4.74 Å². The second-order valence-electron chi connectivity index (χ2n) is 4.61. The van der Waals surface area contributed by atoms with Crippen LogP contribution in [0.3, 0.4) is 0 Å². The smallest absolute Gasteiger partial charge is 0.0587 e. The first-order valence-corrected chi connectivity index (χ1v) is 5.59. The highest BCUT2D eigenvalue weighted by Crippen LogP contribution is 2.17. The molecule has 84 valence electrons. The lowest BCUT2D eigenvalue weighted by Gasteiger charge is -2.27. The third kappa shape index (κ3) is 3.23. The molecule has 1 heterocycles. The molecule has 0 radical (unpaired) electrons. The van der Waals surface area contributed by atoms with E-state index in [0.717, 1.165) is 19.6 Å². The molecule has 2 N–H and O–H groups in total. The van der Waals surface area contributed by atoms with Gasteiger partial charge in [-0.25, -0.2) is 0 Å². The average Bonchev–Trinajstić information content (AvgIpc) is 2.65. The van der Waals surface area contributed by atoms with Crippen LogP contribution in [0.4, 0.5) is 0 Å². The van der Waals surface area contributed by atoms with E-state index in [0.29, 0.717) is 17.9 Å². The molecule has 14 heavy (non-hydrogen) atoms. The summed E-state index contributed by atoms with van der Waals surface area (Å²) in [6.07, 6.45) is 1.14. The predicted molar refractivity (Wildman–Crippen MR) is 57.2 cm³/mol. The summed E-state index contributed by atoms with van der Waals surface area (Å²) in [5.74, 6) is 1.09. The van der Waals surface area contributed by atoms with Gasteiger partial charge in [0.25, 0.3) is 0 Å². The van der Waals surface area contributed by atoms with E-state index in [2.05, 4.69) is 26.1 Å². The number of ether oxygens (including phenoxy) is 1. The Hall–Kier alpha value is -0.120. The van der Waals surface area contributed by atoms with Crippen LogP contribution in [0.15, 0.2) is 0 Å². The minimum Gasteiger partial charge on any atom is -0.395 e. The zero-order chi connectivity index (χ0) is 10.6. The van der Waals surface area contributed by atoms with Gasteiger partial charge in [0.2, 0.25) is 0 Å². The molecule has 0 aliphatic carbocycles. The summed E-state index contributed by atoms with van der Waals surface area (Å²) in [7, 11) is 0. The first-order chi connectivity index (χ1) is 6.65. The SMILES string of the molecule is CC(C)C(CO)NC(C)C1CCOC1. The summed E-state index contributed by atoms with van der Waals surface area (Å²) in [5, 5.41) is 12.7. The maximum absolute atomic E-state index is 9.19. The molecule has 3 heteroatoms. The van der Waals surface area contributed by atoms with Gasteiger partial charge >= 0.3 is 0 Å². The molecular formula is C11H23NO2. The highest BCUT2D eigenvalue weighted by Gasteiger charge is 2.24. The maximum atomic E-state index is 9.19. The molecule has 1 aliphatic heterocycles. The van der Waals surface area contributed by atoms with Crippen molar-refractivity contribution in [1.82, 2.24) is 5.32 Å². The Morgan fingerprint density at radius 3 is 2.57 bits per heavy atom. The molecule has 0 aromatic carbocycles. The van der Waals surface area contributed by atoms with Crippen molar-refractivity contribution in [3.05, 3.63) is 0 Å². The molecule has 0 spiro atoms. The van der Waals surface area contributed by atoms with Crippen molar-refractivity contribution < 1.29 is 9.84 Å². The van der Waals surface area contributed by atoms with Gasteiger partial charge < -0.3 is 15.2 Å². The van der Waals surface area contributed by atoms with E-state index < -0.39 is 0 Å². The average molecular weight is 201 g/mol. The molecular weight excluding hydrogens is 178 g/mol. The fraction of sp³-hybridized carbons (Fsp3) is 1.00. The second-order valence-corrected chi connectivity index (χ2v) is 4.61. The van der Waals surface area contributed by atoms with Crippen molar-refractivity contribution >= 4 is 0 Å². The van der Waals surface area contributed by atoms with Gasteiger partial charge in [-0.2, -0.15) is 0 Å². The Morgan fingerprint density at radius 1 is 1.43 bits per heavy atom. The zero-order valence-electron chi connectivity index (χ0n) is 9.49. The highest BCUT2D eigenvalue weighted by molar-refractivity contribution is 4.80. The van der Waals surface area contributed by atoms with Crippen molar-refractivity contribution in [1.29, 1.82) is 0 Å². The molecule has 1 aliphatic rings. The Labute approximate surface area is 86.8 Å². The van der Waals surface area contributed by atoms with Crippen LogP contribution in [0.5, 0.6) is 0 Å². The van der Waals surface area contributed by atoms with Crippen LogP contribution in [0, 0.1) is 11.8 Å². The highest BCUT2D eigenvalue weighted by atomic mass is 16.5. The summed E-state index contributed by atoms with van der Waals surface area (Å²) in [6.45, 7) is 8.42. The Morgan fingerprint density at radius 2 is 2.14 bits per heavy atom. The summed E-state index contributed by atoms with van der Waals surface area (Å²) in [4.78, 5) is 0. The molecule has 1 fully saturated rings. The number of hydrogen-bond donors (Lipinski definition) is 2. The van der Waals surface area contributed by atoms with E-state index in [1.807, 2.05) is 0 Å². The van der Waals surface area contributed by atoms with Gasteiger partial charge in [0, 0.05) is 18.7 Å². The summed E-state index contributed by atoms with van der Waals surface area (Å²) in [5.41, 5.74) is 0. The van der Waals surface area contributed by atoms with Crippen LogP contribution in [0.1, 0.15) is 27.2 Å². The lowest BCUT2D eigenvalue weighted by molar-refractivity contribution is 0.161. The fourth-order valence-electron chi connectivity index (χ4n) is 1.88. The lowest BCUT2D eigenvalue weighted by atomic mass is 9.97. The van der Waals surface area contributed by atoms with Crippen LogP contribution < -0.4 is 5.32 Å². The topological polar surface area (TPSA) is 41.5 Å². The van der Waals surface area contributed by atoms with Crippen molar-refractivity contribution in [3.8, 4) is 0 Å². The minimum atomic E-state index is 0.214. The molecule has 0 amide bonds. The number of aliphatic hydroxyl groups is 1. The lowest BCUT2D eigenvalue weighted by Crippen LogP contribution is -2.45. The molecule has 3 nitrogen and oxygen atoms in total. The van der Waals surface area contributed by atoms with Crippen LogP contribution >= 0.6 is 0 Å². The van der Waals surface area contributed by atoms with Crippen LogP contribution in [0.2, 0.25) is 0 Å². The molecule has 0 bridgehead atoms. The second kappa shape index (κ2) is 5.69. The van der Waals surface area contributed by atoms with E-state index in [1.54, 1.807) is 0 Å². The van der Waals surface area contributed by atoms with Gasteiger partial charge in [-0.15, -0.1) is 0 Å². The molecule has 0 aromatic rings. The first-order valence-electron chi connectivity index (χ1n) is 5.59. The minimum absolute atomic E-state index is 0.214. The maximum Gasteiger partial charge on any atom is 0.0587 e. The van der Waals surface area contributed by atoms with Gasteiger partial charge in [-0.05, 0) is 25.2 Å². The van der Waals surface area contributed by atoms with Gasteiger partial charge in [0.05, 0.1) is 13.2 Å². The first kappa shape index (κ1) is 12.0. The number of rotatable bonds is 5. The zero-order valence-corrected chi connectivity index (χ0v) is 9.49. The van der Waals surface area contributed by atoms with E-state index >= 15 is 0 Å². The Balaban J connectivity index is 2.33. The van der Waals surface area contributed by atoms with E-state index in [4.69, 9.17) is 4.74 Å². The normalized spacial score (nSPS) is 26.8. The van der Waals surface area contributed by atoms with Crippen molar-refractivity contribution in [3.63, 3.8) is 0 Å². The largest absolute Gasteiger partial charge is 0.395 e. The predicted octanol–water partition coefficient (Wildman–Crippen LogP) is 1.02. The van der Waals surface area contributed by atoms with E-state index in [9.17, 15) is 5.11 Å². The third-order valence-electron chi connectivity index (χ3n) is 3.15. The van der Waals surface area contributed by atoms with E-state index in [-0.39, 0.29) is 12.6 Å². The monoisotopic (exact) mass is 201 g/mol. The van der Waals surface area contributed by atoms with Crippen molar-refractivity contribution in [2.75, 3.05) is 19.8 Å². The molecule has 1 rings (SSSR count). The number of aliphatic hydroxyl groups excluding tert-OH is 1. The molecule has 3 unspecified atom stereocenters. The van der Waals surface area contributed by atoms with E-state index in [1.165, 1.54) is 0 Å². The molecule has 3 atom stereocenters. The fourth-order valence-corrected chi connectivity index (χ4v) is 1.88. The number of nitrogens with one attached hydrogen (secondary N) is 1. The van der Waals surface area contributed by atoms with Crippen LogP contribution in [0.25, 0.3) is 0 Å². The van der Waals surface area contributed by atoms with Crippen LogP contribution in [-0.4, -0.2) is 37.0 Å². The Bertz CT molecular complexity index is 155. The van der Waals surface area contributed by atoms with Crippen molar-refractivity contribution in [2.24, 2.45) is 11.8 Å². The summed E-state index contributed by atoms with van der Waals surface area (Å²) >= 11 is 0. The van der Waals surface area contributed by atoms with Gasteiger partial charge in [-0.3, -0.25) is 0 Å². The van der Waals surface area contributed by atoms with Gasteiger partial charge in [0.1, 0.15) is 0 Å². The summed E-state index contributed by atoms with van der Waals surface area (Å²) in [6, 6.07) is 0.655. The molecule has 0 saturated carbocycles. The summed E-state index contributed by atoms with van der Waals surface area (Å²) < 4.78 is 5.35. The van der Waals surface area contributed by atoms with Crippen molar-refractivity contribution in [2.45, 2.75) is 39.3 Å². The molecule has 0 aromatic heterocycles. The third-order valence-corrected chi connectivity index (χ3v) is 3.15. The molecule has 1 saturated heterocycles.